The number of Topliss-reactive ketones (excluding diaryl/α,β-unsaturated/α-hetero) is 2. The molecule has 610 valence electrons. The monoisotopic (exact) mass is 1550 g/mol. The normalized spacial score (nSPS) is 19.1. The Labute approximate surface area is 634 Å². The van der Waals surface area contributed by atoms with Gasteiger partial charge < -0.3 is 106 Å². The zero-order valence-electron chi connectivity index (χ0n) is 62.7. The van der Waals surface area contributed by atoms with Crippen LogP contribution in [0.3, 0.4) is 0 Å². The molecule has 1 fully saturated rings. The number of guanidine groups is 1. The number of aliphatic imine (C=N–C) groups is 1. The fraction of sp³-hybridized carbons (Fsp3) is 0.614. The molecule has 1 aliphatic rings. The van der Waals surface area contributed by atoms with Crippen LogP contribution in [0.5, 0.6) is 0 Å². The minimum atomic E-state index is -2.05. The van der Waals surface area contributed by atoms with Crippen molar-refractivity contribution in [1.82, 2.24) is 73.8 Å². The van der Waals surface area contributed by atoms with Gasteiger partial charge in [0.25, 0.3) is 0 Å². The summed E-state index contributed by atoms with van der Waals surface area (Å²) in [5, 5.41) is 67.6. The molecule has 2 aromatic rings. The van der Waals surface area contributed by atoms with E-state index in [4.69, 9.17) is 17.2 Å². The fourth-order valence-electron chi connectivity index (χ4n) is 11.4. The van der Waals surface area contributed by atoms with Crippen molar-refractivity contribution in [2.24, 2.45) is 39.9 Å². The van der Waals surface area contributed by atoms with Gasteiger partial charge in [0, 0.05) is 57.5 Å². The molecular formula is C70H107FN18O21. The number of benzene rings is 1. The van der Waals surface area contributed by atoms with Gasteiger partial charge in [0.15, 0.2) is 17.5 Å². The zero-order chi connectivity index (χ0) is 82.5. The molecule has 1 aromatic heterocycles. The highest BCUT2D eigenvalue weighted by Gasteiger charge is 2.40. The molecule has 3 unspecified atom stereocenters. The number of aliphatic carboxylic acids is 3. The highest BCUT2D eigenvalue weighted by Crippen LogP contribution is 2.18. The summed E-state index contributed by atoms with van der Waals surface area (Å²) in [5.74, 6) is -22.6. The molecule has 3 rings (SSSR count). The molecule has 0 radical (unpaired) electrons. The Bertz CT molecular complexity index is 3560. The summed E-state index contributed by atoms with van der Waals surface area (Å²) >= 11 is 0. The Morgan fingerprint density at radius 1 is 0.618 bits per heavy atom. The van der Waals surface area contributed by atoms with E-state index in [1.54, 1.807) is 41.5 Å². The lowest BCUT2D eigenvalue weighted by atomic mass is 9.96. The van der Waals surface area contributed by atoms with Crippen molar-refractivity contribution in [2.45, 2.75) is 237 Å². The third-order valence-electron chi connectivity index (χ3n) is 17.5. The zero-order valence-corrected chi connectivity index (χ0v) is 62.7. The van der Waals surface area contributed by atoms with Gasteiger partial charge in [-0.1, -0.05) is 66.2 Å². The number of nitrogens with two attached hydrogens (primary N) is 3. The van der Waals surface area contributed by atoms with E-state index in [1.165, 1.54) is 30.7 Å². The Morgan fingerprint density at radius 2 is 1.17 bits per heavy atom. The number of carboxylic acid groups (broad SMARTS) is 3. The van der Waals surface area contributed by atoms with E-state index in [0.717, 1.165) is 13.0 Å². The summed E-state index contributed by atoms with van der Waals surface area (Å²) in [7, 11) is 0. The number of aliphatic hydroxyl groups excluding tert-OH is 1. The van der Waals surface area contributed by atoms with Gasteiger partial charge in [-0.3, -0.25) is 81.7 Å². The van der Waals surface area contributed by atoms with Crippen molar-refractivity contribution in [3.8, 4) is 0 Å². The number of aliphatic hydroxyl groups is 1. The minimum absolute atomic E-state index is 0.0477. The van der Waals surface area contributed by atoms with Crippen LogP contribution >= 0.6 is 0 Å². The van der Waals surface area contributed by atoms with Crippen LogP contribution in [-0.4, -0.2) is 229 Å². The third-order valence-corrected chi connectivity index (χ3v) is 17.5. The summed E-state index contributed by atoms with van der Waals surface area (Å²) < 4.78 is 15.8. The Hall–Kier alpha value is -11.1. The van der Waals surface area contributed by atoms with E-state index < -0.39 is 243 Å². The van der Waals surface area contributed by atoms with Gasteiger partial charge in [-0.15, -0.1) is 0 Å². The van der Waals surface area contributed by atoms with Crippen LogP contribution < -0.4 is 81.0 Å². The fourth-order valence-corrected chi connectivity index (χ4v) is 11.4. The standard InChI is InChI=1S/C70H107FN18O21/c1-8-37(6)57(89-67(107)50(30-40-32-75-34-77-40)85-58(98)42(17-11-12-25-72)79-61(101)45(78-38(7)91)22-24-55(94)95)68(108)87-49(29-39-15-9-10-16-41(39)71)65(105)82-46-21-23-54(93)53(92)20-13-18-43(59(99)86-51(31-56(96)97)66(106)88-52(33-90)69(109)110)81-63(103)47(27-35(2)3)84-64(104)48(28-36(4)5)83-60(100)44(80-62(46)102)19-14-26-76-70(73)74/h9-10,15-16,32,34-37,42-52,57,90H,8,11-14,17-31,33,72H2,1-7H3,(H,75,77)(H,78,91)(H,79,101)(H,80,102)(H,81,103)(H,82,105)(H,83,100)(H,84,104)(H,85,98)(H,86,99)(H,87,108)(H,88,106)(H,89,107)(H,94,95)(H,96,97)(H,109,110)(H4,73,74,76)/t37-,42-,43?,44?,45-,46?,47-,48-,49-,50-,51-,52-,57-/m0/s1. The van der Waals surface area contributed by atoms with E-state index in [2.05, 4.69) is 73.4 Å². The van der Waals surface area contributed by atoms with Crippen LogP contribution in [0.25, 0.3) is 0 Å². The van der Waals surface area contributed by atoms with Crippen LogP contribution in [0, 0.1) is 23.6 Å². The van der Waals surface area contributed by atoms with Crippen molar-refractivity contribution in [3.63, 3.8) is 0 Å². The summed E-state index contributed by atoms with van der Waals surface area (Å²) in [6, 6.07) is -15.3. The van der Waals surface area contributed by atoms with Crippen LogP contribution in [0.1, 0.15) is 162 Å². The number of carbonyl (C=O) groups is 17. The number of halogens is 1. The summed E-state index contributed by atoms with van der Waals surface area (Å²) in [6.07, 6.45) is -3.65. The topological polar surface area (TPSA) is 635 Å². The maximum Gasteiger partial charge on any atom is 0.328 e. The first-order valence-corrected chi connectivity index (χ1v) is 36.3. The molecule has 1 aromatic carbocycles. The van der Waals surface area contributed by atoms with Gasteiger partial charge in [-0.05, 0) is 107 Å². The number of imidazole rings is 1. The molecule has 39 nitrogen and oxygen atoms in total. The van der Waals surface area contributed by atoms with Gasteiger partial charge in [-0.25, -0.2) is 14.2 Å². The largest absolute Gasteiger partial charge is 0.481 e. The molecule has 0 saturated carbocycles. The first kappa shape index (κ1) is 93.1. The van der Waals surface area contributed by atoms with E-state index >= 15 is 18.8 Å². The molecule has 1 saturated heterocycles. The Kier molecular flexibility index (Phi) is 40.4. The summed E-state index contributed by atoms with van der Waals surface area (Å²) in [4.78, 5) is 245. The second kappa shape index (κ2) is 47.7. The van der Waals surface area contributed by atoms with Gasteiger partial charge in [0.05, 0.1) is 19.4 Å². The van der Waals surface area contributed by atoms with Gasteiger partial charge in [0.1, 0.15) is 78.3 Å². The lowest BCUT2D eigenvalue weighted by Gasteiger charge is -2.30. The SMILES string of the molecule is CC[C@H](C)[C@H](NC(=O)[C@H](Cc1cnc[nH]1)NC(=O)[C@H](CCCCN)NC(=O)[C@H](CCC(=O)O)NC(C)=O)C(=O)N[C@@H](Cc1ccccc1F)C(=O)NC1CCC(=O)C(=O)CCCC(C(=O)N[C@@H](CC(=O)O)C(=O)N[C@@H](CO)C(=O)O)NC(=O)[C@H](CC(C)C)NC(=O)[C@H](CC(C)C)NC(=O)C(CCCN=C(N)N)NC1=O. The van der Waals surface area contributed by atoms with Gasteiger partial charge in [-0.2, -0.15) is 0 Å². The second-order valence-electron chi connectivity index (χ2n) is 27.6. The number of hydrogen-bond acceptors (Lipinski definition) is 21. The predicted molar refractivity (Wildman–Crippen MR) is 389 cm³/mol. The maximum absolute atomic E-state index is 15.8. The Morgan fingerprint density at radius 3 is 1.73 bits per heavy atom. The number of H-pyrrole nitrogens is 1. The van der Waals surface area contributed by atoms with Crippen LogP contribution in [-0.2, 0) is 94.3 Å². The average Bonchev–Trinajstić information content (AvgIpc) is 0.937. The summed E-state index contributed by atoms with van der Waals surface area (Å²) in [5.41, 5.74) is 17.0. The minimum Gasteiger partial charge on any atom is -0.481 e. The number of carbonyl (C=O) groups excluding carboxylic acids is 14. The number of ketones is 2. The highest BCUT2D eigenvalue weighted by molar-refractivity contribution is 6.37. The molecule has 23 N–H and O–H groups in total. The number of nitrogens with zero attached hydrogens (tertiary/aromatic N) is 2. The molecular weight excluding hydrogens is 1450 g/mol. The average molecular weight is 1560 g/mol. The molecule has 12 amide bonds. The number of amides is 12. The number of nitrogens with one attached hydrogen (secondary N) is 13. The first-order chi connectivity index (χ1) is 51.9. The van der Waals surface area contributed by atoms with E-state index in [0.29, 0.717) is 6.42 Å². The smallest absolute Gasteiger partial charge is 0.328 e. The van der Waals surface area contributed by atoms with Crippen molar-refractivity contribution < 1.29 is 106 Å². The van der Waals surface area contributed by atoms with Crippen molar-refractivity contribution >= 4 is 106 Å². The van der Waals surface area contributed by atoms with Crippen molar-refractivity contribution in [3.05, 3.63) is 53.9 Å². The number of hydrogen-bond donors (Lipinski definition) is 20. The molecule has 2 heterocycles. The second-order valence-corrected chi connectivity index (χ2v) is 27.6. The number of unbranched alkanes of at least 4 members (excludes halogenated alkanes) is 1. The number of aromatic amines is 1. The number of aromatic nitrogens is 2. The first-order valence-electron chi connectivity index (χ1n) is 36.3. The predicted octanol–water partition coefficient (Wildman–Crippen LogP) is -3.99. The molecule has 0 spiro atoms. The van der Waals surface area contributed by atoms with Gasteiger partial charge >= 0.3 is 17.9 Å². The lowest BCUT2D eigenvalue weighted by molar-refractivity contribution is -0.144. The lowest BCUT2D eigenvalue weighted by Crippen LogP contribution is -2.62. The molecule has 0 bridgehead atoms. The van der Waals surface area contributed by atoms with E-state index in [9.17, 15) is 87.5 Å². The van der Waals surface area contributed by atoms with Crippen molar-refractivity contribution in [2.75, 3.05) is 19.7 Å². The van der Waals surface area contributed by atoms with E-state index in [-0.39, 0.29) is 99.9 Å². The van der Waals surface area contributed by atoms with Crippen LogP contribution in [0.15, 0.2) is 41.8 Å². The van der Waals surface area contributed by atoms with Gasteiger partial charge in [0.2, 0.25) is 70.9 Å². The van der Waals surface area contributed by atoms with E-state index in [1.807, 2.05) is 5.32 Å². The van der Waals surface area contributed by atoms with Crippen molar-refractivity contribution in [1.29, 1.82) is 0 Å². The molecule has 40 heteroatoms. The third kappa shape index (κ3) is 33.6. The number of carboxylic acids is 3. The van der Waals surface area contributed by atoms with Crippen LogP contribution in [0.2, 0.25) is 0 Å². The Balaban J connectivity index is 2.23. The molecule has 13 atom stereocenters. The number of rotatable bonds is 40. The molecule has 0 aliphatic carbocycles. The summed E-state index contributed by atoms with van der Waals surface area (Å²) in [6.45, 7) is 9.93. The van der Waals surface area contributed by atoms with Crippen LogP contribution in [0.4, 0.5) is 4.39 Å². The maximum atomic E-state index is 15.8. The molecule has 1 aliphatic heterocycles. The quantitative estimate of drug-likeness (QED) is 0.0131. The highest BCUT2D eigenvalue weighted by atomic mass is 19.1. The molecule has 110 heavy (non-hydrogen) atoms.